The van der Waals surface area contributed by atoms with E-state index in [1.165, 1.54) is 19.1 Å². The number of ether oxygens (including phenoxy) is 1. The molecule has 1 unspecified atom stereocenters. The first-order valence-corrected chi connectivity index (χ1v) is 15.2. The van der Waals surface area contributed by atoms with Crippen molar-refractivity contribution in [2.45, 2.75) is 44.2 Å². The van der Waals surface area contributed by atoms with Gasteiger partial charge in [-0.05, 0) is 56.5 Å². The normalized spacial score (nSPS) is 24.4. The van der Waals surface area contributed by atoms with Crippen LogP contribution in [0.2, 0.25) is 0 Å². The minimum atomic E-state index is -3.03. The van der Waals surface area contributed by atoms with Gasteiger partial charge in [-0.1, -0.05) is 12.0 Å². The van der Waals surface area contributed by atoms with Gasteiger partial charge >= 0.3 is 6.01 Å². The summed E-state index contributed by atoms with van der Waals surface area (Å²) in [4.78, 5) is 12.6. The number of piperidine rings is 1. The van der Waals surface area contributed by atoms with Gasteiger partial charge in [0, 0.05) is 61.0 Å². The zero-order valence-electron chi connectivity index (χ0n) is 25.3. The average molecular weight is 638 g/mol. The number of aromatic nitrogens is 2. The number of fused-ring (bicyclic) bond motifs is 4. The summed E-state index contributed by atoms with van der Waals surface area (Å²) in [5.74, 6) is -3.75. The van der Waals surface area contributed by atoms with E-state index in [-0.39, 0.29) is 82.0 Å². The number of nitrogens with one attached hydrogen (secondary N) is 1. The van der Waals surface area contributed by atoms with Crippen LogP contribution in [0.15, 0.2) is 30.3 Å². The van der Waals surface area contributed by atoms with Crippen LogP contribution in [-0.2, 0) is 0 Å². The van der Waals surface area contributed by atoms with Crippen LogP contribution in [0.25, 0.3) is 32.8 Å². The summed E-state index contributed by atoms with van der Waals surface area (Å²) in [5.41, 5.74) is -2.86. The van der Waals surface area contributed by atoms with Gasteiger partial charge in [0.2, 0.25) is 0 Å². The summed E-state index contributed by atoms with van der Waals surface area (Å²) in [6.45, 7) is 2.30. The van der Waals surface area contributed by atoms with E-state index in [2.05, 4.69) is 21.2 Å². The molecule has 12 heteroatoms. The number of anilines is 1. The van der Waals surface area contributed by atoms with Gasteiger partial charge in [0.05, 0.1) is 16.5 Å². The Kier molecular flexibility index (Phi) is 7.25. The van der Waals surface area contributed by atoms with E-state index in [1.54, 1.807) is 11.9 Å². The maximum Gasteiger partial charge on any atom is 0.319 e. The van der Waals surface area contributed by atoms with Crippen LogP contribution in [0.1, 0.15) is 31.7 Å². The Labute approximate surface area is 262 Å². The Hall–Kier alpha value is -4.21. The smallest absolute Gasteiger partial charge is 0.319 e. The summed E-state index contributed by atoms with van der Waals surface area (Å²) in [7, 11) is 1.75. The van der Waals surface area contributed by atoms with Gasteiger partial charge < -0.3 is 25.0 Å². The monoisotopic (exact) mass is 637 g/mol. The van der Waals surface area contributed by atoms with Crippen molar-refractivity contribution in [3.8, 4) is 35.2 Å². The molecule has 3 aromatic carbocycles. The lowest BCUT2D eigenvalue weighted by Crippen LogP contribution is -2.55. The number of aromatic hydroxyl groups is 1. The van der Waals surface area contributed by atoms with E-state index in [9.17, 15) is 9.50 Å². The van der Waals surface area contributed by atoms with Crippen LogP contribution in [0.4, 0.5) is 27.8 Å². The molecule has 3 saturated heterocycles. The predicted molar refractivity (Wildman–Crippen MR) is 165 cm³/mol. The van der Waals surface area contributed by atoms with Gasteiger partial charge in [0.25, 0.3) is 5.92 Å². The maximum atomic E-state index is 16.8. The maximum absolute atomic E-state index is 16.8. The summed E-state index contributed by atoms with van der Waals surface area (Å²) in [6, 6.07) is 5.98. The number of likely N-dealkylation sites (tertiary alicyclic amines) is 1. The number of hydrogen-bond donors (Lipinski definition) is 2. The minimum Gasteiger partial charge on any atom is -0.508 e. The number of piperazine rings is 1. The summed E-state index contributed by atoms with van der Waals surface area (Å²) in [5, 5.41) is 14.4. The van der Waals surface area contributed by atoms with Gasteiger partial charge in [0.1, 0.15) is 35.3 Å². The fraction of sp³-hybridized carbons (Fsp3) is 0.412. The van der Waals surface area contributed by atoms with Crippen LogP contribution >= 0.6 is 0 Å². The Bertz CT molecular complexity index is 1920. The molecule has 7 rings (SSSR count). The number of halogens is 5. The molecule has 2 N–H and O–H groups in total. The lowest BCUT2D eigenvalue weighted by Gasteiger charge is -2.44. The Morgan fingerprint density at radius 2 is 1.83 bits per heavy atom. The average Bonchev–Trinajstić information content (AvgIpc) is 3.35. The predicted octanol–water partition coefficient (Wildman–Crippen LogP) is 5.85. The standard InChI is InChI=1S/C34H32F5N5O2/c1-4-22-25(35)8-5-18-11-21(45)12-23(27(18)22)28-26(36)13-24-30(29(28)37)41-32(42-31(24)44-14-19-6-7-20(15-44)40-19)46-17-33(2)16-43(3)10-9-34(33,38)39/h1,5,8,11-13,19-20,40,45H,6-7,9-10,14-17H2,2-3H3/t19-,20+,33?. The highest BCUT2D eigenvalue weighted by atomic mass is 19.3. The first-order valence-electron chi connectivity index (χ1n) is 15.2. The molecule has 1 aromatic heterocycles. The molecule has 2 bridgehead atoms. The molecule has 0 saturated carbocycles. The molecule has 3 fully saturated rings. The number of phenolic OH excluding ortho intramolecular Hbond substituents is 1. The third-order valence-corrected chi connectivity index (χ3v) is 9.65. The molecule has 4 heterocycles. The van der Waals surface area contributed by atoms with Gasteiger partial charge in [0.15, 0.2) is 5.82 Å². The number of terminal acetylenes is 1. The summed E-state index contributed by atoms with van der Waals surface area (Å²) < 4.78 is 83.9. The molecule has 0 amide bonds. The van der Waals surface area contributed by atoms with E-state index < -0.39 is 41.0 Å². The number of phenols is 1. The number of hydrogen-bond acceptors (Lipinski definition) is 7. The van der Waals surface area contributed by atoms with Crippen molar-refractivity contribution in [2.24, 2.45) is 5.41 Å². The number of nitrogens with zero attached hydrogens (tertiary/aromatic N) is 4. The highest BCUT2D eigenvalue weighted by Gasteiger charge is 2.53. The van der Waals surface area contributed by atoms with E-state index >= 15 is 17.6 Å². The second-order valence-electron chi connectivity index (χ2n) is 13.0. The number of benzene rings is 3. The molecule has 3 aliphatic heterocycles. The van der Waals surface area contributed by atoms with Gasteiger partial charge in [-0.2, -0.15) is 9.97 Å². The molecule has 240 valence electrons. The lowest BCUT2D eigenvalue weighted by atomic mass is 9.79. The quantitative estimate of drug-likeness (QED) is 0.210. The van der Waals surface area contributed by atoms with Crippen molar-refractivity contribution < 1.29 is 31.8 Å². The highest BCUT2D eigenvalue weighted by Crippen LogP contribution is 2.45. The van der Waals surface area contributed by atoms with Crippen molar-refractivity contribution >= 4 is 27.5 Å². The van der Waals surface area contributed by atoms with Gasteiger partial charge in [-0.3, -0.25) is 0 Å². The molecule has 3 atom stereocenters. The minimum absolute atomic E-state index is 0.0402. The number of rotatable bonds is 5. The van der Waals surface area contributed by atoms with E-state index in [0.717, 1.165) is 31.0 Å². The molecule has 4 aromatic rings. The molecular formula is C34H32F5N5O2. The third kappa shape index (κ3) is 4.97. The van der Waals surface area contributed by atoms with Crippen molar-refractivity contribution in [3.63, 3.8) is 0 Å². The molecule has 7 nitrogen and oxygen atoms in total. The van der Waals surface area contributed by atoms with Crippen molar-refractivity contribution in [1.29, 1.82) is 0 Å². The summed E-state index contributed by atoms with van der Waals surface area (Å²) >= 11 is 0. The SMILES string of the molecule is C#Cc1c(F)ccc2cc(O)cc(-c3c(F)cc4c(N5C[C@H]6CC[C@@H](C5)N6)nc(OCC5(C)CN(C)CCC5(F)F)nc4c3F)c12. The van der Waals surface area contributed by atoms with E-state index in [1.807, 2.05) is 4.90 Å². The lowest BCUT2D eigenvalue weighted by molar-refractivity contribution is -0.169. The van der Waals surface area contributed by atoms with Crippen molar-refractivity contribution in [1.82, 2.24) is 20.2 Å². The third-order valence-electron chi connectivity index (χ3n) is 9.65. The fourth-order valence-electron chi connectivity index (χ4n) is 7.24. The Morgan fingerprint density at radius 3 is 2.54 bits per heavy atom. The zero-order chi connectivity index (χ0) is 32.5. The first-order chi connectivity index (χ1) is 21.9. The van der Waals surface area contributed by atoms with Crippen LogP contribution in [0.3, 0.4) is 0 Å². The topological polar surface area (TPSA) is 73.8 Å². The zero-order valence-corrected chi connectivity index (χ0v) is 25.3. The first kappa shape index (κ1) is 30.4. The van der Waals surface area contributed by atoms with Crippen LogP contribution in [-0.4, -0.2) is 77.8 Å². The molecule has 0 spiro atoms. The highest BCUT2D eigenvalue weighted by molar-refractivity contribution is 6.04. The van der Waals surface area contributed by atoms with Crippen LogP contribution in [0.5, 0.6) is 11.8 Å². The second-order valence-corrected chi connectivity index (χ2v) is 13.0. The second kappa shape index (κ2) is 11.0. The molecular weight excluding hydrogens is 605 g/mol. The van der Waals surface area contributed by atoms with Crippen molar-refractivity contribution in [2.75, 3.05) is 44.7 Å². The largest absolute Gasteiger partial charge is 0.508 e. The Morgan fingerprint density at radius 1 is 1.09 bits per heavy atom. The molecule has 3 aliphatic rings. The van der Waals surface area contributed by atoms with Gasteiger partial charge in [-0.25, -0.2) is 22.0 Å². The van der Waals surface area contributed by atoms with Crippen LogP contribution < -0.4 is 15.0 Å². The summed E-state index contributed by atoms with van der Waals surface area (Å²) in [6.07, 6.45) is 7.13. The molecule has 0 aliphatic carbocycles. The number of alkyl halides is 2. The molecule has 46 heavy (non-hydrogen) atoms. The molecule has 0 radical (unpaired) electrons. The Balaban J connectivity index is 1.41. The van der Waals surface area contributed by atoms with E-state index in [0.29, 0.717) is 13.1 Å². The fourth-order valence-corrected chi connectivity index (χ4v) is 7.24. The van der Waals surface area contributed by atoms with Crippen molar-refractivity contribution in [3.05, 3.63) is 53.3 Å². The van der Waals surface area contributed by atoms with E-state index in [4.69, 9.17) is 11.2 Å². The van der Waals surface area contributed by atoms with Gasteiger partial charge in [-0.15, -0.1) is 6.42 Å². The van der Waals surface area contributed by atoms with Crippen LogP contribution in [0, 0.1) is 35.2 Å².